The van der Waals surface area contributed by atoms with Crippen molar-refractivity contribution in [2.24, 2.45) is 0 Å². The summed E-state index contributed by atoms with van der Waals surface area (Å²) in [6.45, 7) is 1.41. The van der Waals surface area contributed by atoms with E-state index in [0.717, 1.165) is 24.5 Å². The summed E-state index contributed by atoms with van der Waals surface area (Å²) in [6, 6.07) is 8.86. The summed E-state index contributed by atoms with van der Waals surface area (Å²) >= 11 is 0. The first-order valence-corrected chi connectivity index (χ1v) is 8.23. The van der Waals surface area contributed by atoms with Crippen LogP contribution in [0.3, 0.4) is 0 Å². The van der Waals surface area contributed by atoms with Gasteiger partial charge in [0.1, 0.15) is 0 Å². The fourth-order valence-corrected chi connectivity index (χ4v) is 2.85. The number of hydrogen-bond acceptors (Lipinski definition) is 4. The topological polar surface area (TPSA) is 54.3 Å². The first kappa shape index (κ1) is 16.6. The van der Waals surface area contributed by atoms with Crippen molar-refractivity contribution >= 4 is 0 Å². The molecule has 0 unspecified atom stereocenters. The minimum Gasteiger partial charge on any atom is -0.493 e. The summed E-state index contributed by atoms with van der Waals surface area (Å²) in [5, 5.41) is 12.2. The smallest absolute Gasteiger partial charge is 0.161 e. The third-order valence-electron chi connectivity index (χ3n) is 4.12. The van der Waals surface area contributed by atoms with E-state index >= 15 is 0 Å². The lowest BCUT2D eigenvalue weighted by atomic mass is 9.95. The molecule has 0 spiro atoms. The molecule has 4 heteroatoms. The molecule has 0 aliphatic heterocycles. The van der Waals surface area contributed by atoms with Gasteiger partial charge in [-0.15, -0.1) is 0 Å². The fraction of sp³-hybridized carbons (Fsp3) is 0.611. The molecule has 1 aliphatic rings. The molecule has 0 amide bonds. The normalized spacial score (nSPS) is 15.3. The number of nitrogens with zero attached hydrogens (tertiary/aromatic N) is 1. The maximum absolute atomic E-state index is 8.56. The van der Waals surface area contributed by atoms with E-state index in [4.69, 9.17) is 14.7 Å². The maximum Gasteiger partial charge on any atom is 0.161 e. The Balaban J connectivity index is 1.89. The summed E-state index contributed by atoms with van der Waals surface area (Å²) < 4.78 is 11.1. The van der Waals surface area contributed by atoms with Crippen molar-refractivity contribution in [3.63, 3.8) is 0 Å². The molecule has 0 heterocycles. The first-order valence-electron chi connectivity index (χ1n) is 8.23. The molecule has 0 aromatic heterocycles. The number of rotatable bonds is 8. The summed E-state index contributed by atoms with van der Waals surface area (Å²) in [5.74, 6) is 1.52. The van der Waals surface area contributed by atoms with Gasteiger partial charge in [0.2, 0.25) is 0 Å². The highest BCUT2D eigenvalue weighted by atomic mass is 16.5. The molecule has 120 valence electrons. The molecule has 0 saturated heterocycles. The Kier molecular flexibility index (Phi) is 7.05. The van der Waals surface area contributed by atoms with Crippen molar-refractivity contribution in [2.75, 3.05) is 13.7 Å². The van der Waals surface area contributed by atoms with E-state index in [1.54, 1.807) is 7.11 Å². The van der Waals surface area contributed by atoms with E-state index in [1.807, 2.05) is 12.1 Å². The van der Waals surface area contributed by atoms with Gasteiger partial charge in [0.25, 0.3) is 0 Å². The molecule has 0 radical (unpaired) electrons. The quantitative estimate of drug-likeness (QED) is 0.742. The summed E-state index contributed by atoms with van der Waals surface area (Å²) in [5.41, 5.74) is 1.21. The first-order chi connectivity index (χ1) is 10.8. The Labute approximate surface area is 133 Å². The highest BCUT2D eigenvalue weighted by Crippen LogP contribution is 2.28. The van der Waals surface area contributed by atoms with Gasteiger partial charge in [-0.25, -0.2) is 0 Å². The van der Waals surface area contributed by atoms with Crippen LogP contribution in [0.15, 0.2) is 18.2 Å². The summed E-state index contributed by atoms with van der Waals surface area (Å²) in [6.07, 6.45) is 7.89. The van der Waals surface area contributed by atoms with Gasteiger partial charge in [-0.2, -0.15) is 5.26 Å². The van der Waals surface area contributed by atoms with Crippen LogP contribution in [-0.2, 0) is 6.54 Å². The number of nitrogens with one attached hydrogen (secondary N) is 1. The molecular formula is C18H26N2O2. The van der Waals surface area contributed by atoms with Gasteiger partial charge in [-0.05, 0) is 37.0 Å². The second kappa shape index (κ2) is 9.32. The van der Waals surface area contributed by atoms with E-state index in [-0.39, 0.29) is 0 Å². The molecule has 1 aromatic carbocycles. The van der Waals surface area contributed by atoms with Crippen LogP contribution < -0.4 is 14.8 Å². The van der Waals surface area contributed by atoms with Crippen LogP contribution in [0.2, 0.25) is 0 Å². The molecule has 2 rings (SSSR count). The lowest BCUT2D eigenvalue weighted by Crippen LogP contribution is -2.30. The minimum atomic E-state index is 0.519. The van der Waals surface area contributed by atoms with Crippen LogP contribution in [0, 0.1) is 11.3 Å². The SMILES string of the molecule is COc1ccc(CNC2CCCCC2)cc1OCCCC#N. The summed E-state index contributed by atoms with van der Waals surface area (Å²) in [4.78, 5) is 0. The Bertz CT molecular complexity index is 490. The molecule has 1 aliphatic carbocycles. The molecule has 0 bridgehead atoms. The van der Waals surface area contributed by atoms with Crippen molar-refractivity contribution < 1.29 is 9.47 Å². The lowest BCUT2D eigenvalue weighted by molar-refractivity contribution is 0.290. The maximum atomic E-state index is 8.56. The Morgan fingerprint density at radius 1 is 1.23 bits per heavy atom. The molecule has 4 nitrogen and oxygen atoms in total. The molecule has 22 heavy (non-hydrogen) atoms. The van der Waals surface area contributed by atoms with Gasteiger partial charge in [0, 0.05) is 19.0 Å². The zero-order chi connectivity index (χ0) is 15.6. The minimum absolute atomic E-state index is 0.519. The number of unbranched alkanes of at least 4 members (excludes halogenated alkanes) is 1. The number of methoxy groups -OCH3 is 1. The van der Waals surface area contributed by atoms with Gasteiger partial charge in [-0.3, -0.25) is 0 Å². The van der Waals surface area contributed by atoms with Crippen molar-refractivity contribution in [3.8, 4) is 17.6 Å². The van der Waals surface area contributed by atoms with Crippen molar-refractivity contribution in [1.82, 2.24) is 5.32 Å². The zero-order valence-corrected chi connectivity index (χ0v) is 13.4. The Morgan fingerprint density at radius 3 is 2.77 bits per heavy atom. The monoisotopic (exact) mass is 302 g/mol. The Morgan fingerprint density at radius 2 is 2.05 bits per heavy atom. The molecule has 1 N–H and O–H groups in total. The largest absolute Gasteiger partial charge is 0.493 e. The standard InChI is InChI=1S/C18H26N2O2/c1-21-17-10-9-15(13-18(17)22-12-6-5-11-19)14-20-16-7-3-2-4-8-16/h9-10,13,16,20H,2-8,12,14H2,1H3. The number of ether oxygens (including phenoxy) is 2. The highest BCUT2D eigenvalue weighted by Gasteiger charge is 2.13. The summed E-state index contributed by atoms with van der Waals surface area (Å²) in [7, 11) is 1.65. The van der Waals surface area contributed by atoms with Crippen LogP contribution in [0.25, 0.3) is 0 Å². The molecule has 1 aromatic rings. The fourth-order valence-electron chi connectivity index (χ4n) is 2.85. The average molecular weight is 302 g/mol. The van der Waals surface area contributed by atoms with E-state index in [1.165, 1.54) is 37.7 Å². The molecule has 1 saturated carbocycles. The van der Waals surface area contributed by atoms with Crippen molar-refractivity contribution in [1.29, 1.82) is 5.26 Å². The third-order valence-corrected chi connectivity index (χ3v) is 4.12. The van der Waals surface area contributed by atoms with Gasteiger partial charge in [0.15, 0.2) is 11.5 Å². The Hall–Kier alpha value is -1.73. The molecular weight excluding hydrogens is 276 g/mol. The average Bonchev–Trinajstić information content (AvgIpc) is 2.58. The van der Waals surface area contributed by atoms with Crippen LogP contribution >= 0.6 is 0 Å². The second-order valence-electron chi connectivity index (χ2n) is 5.81. The highest BCUT2D eigenvalue weighted by molar-refractivity contribution is 5.43. The van der Waals surface area contributed by atoms with Gasteiger partial charge >= 0.3 is 0 Å². The van der Waals surface area contributed by atoms with E-state index in [2.05, 4.69) is 17.5 Å². The van der Waals surface area contributed by atoms with Gasteiger partial charge in [-0.1, -0.05) is 25.3 Å². The van der Waals surface area contributed by atoms with Crippen molar-refractivity contribution in [3.05, 3.63) is 23.8 Å². The predicted molar refractivity (Wildman–Crippen MR) is 87.0 cm³/mol. The van der Waals surface area contributed by atoms with Crippen LogP contribution in [0.4, 0.5) is 0 Å². The van der Waals surface area contributed by atoms with E-state index < -0.39 is 0 Å². The van der Waals surface area contributed by atoms with Crippen LogP contribution in [-0.4, -0.2) is 19.8 Å². The van der Waals surface area contributed by atoms with Gasteiger partial charge in [0.05, 0.1) is 19.8 Å². The zero-order valence-electron chi connectivity index (χ0n) is 13.4. The van der Waals surface area contributed by atoms with E-state index in [0.29, 0.717) is 19.1 Å². The lowest BCUT2D eigenvalue weighted by Gasteiger charge is -2.23. The molecule has 1 fully saturated rings. The predicted octanol–water partition coefficient (Wildman–Crippen LogP) is 3.80. The number of benzene rings is 1. The van der Waals surface area contributed by atoms with E-state index in [9.17, 15) is 0 Å². The second-order valence-corrected chi connectivity index (χ2v) is 5.81. The van der Waals surface area contributed by atoms with Gasteiger partial charge < -0.3 is 14.8 Å². The third kappa shape index (κ3) is 5.23. The molecule has 0 atom stereocenters. The van der Waals surface area contributed by atoms with Crippen molar-refractivity contribution in [2.45, 2.75) is 57.5 Å². The van der Waals surface area contributed by atoms with Crippen LogP contribution in [0.1, 0.15) is 50.5 Å². The van der Waals surface area contributed by atoms with Crippen LogP contribution in [0.5, 0.6) is 11.5 Å². The number of hydrogen-bond donors (Lipinski definition) is 1. The number of nitriles is 1.